The van der Waals surface area contributed by atoms with E-state index in [1.807, 2.05) is 0 Å². The highest BCUT2D eigenvalue weighted by Crippen LogP contribution is 2.25. The van der Waals surface area contributed by atoms with E-state index >= 15 is 0 Å². The third-order valence-corrected chi connectivity index (χ3v) is 6.87. The number of non-ortho nitro benzene ring substituents is 1. The molecule has 2 aromatic carbocycles. The zero-order valence-electron chi connectivity index (χ0n) is 14.2. The van der Waals surface area contributed by atoms with E-state index in [1.54, 1.807) is 0 Å². The topological polar surface area (TPSA) is 127 Å². The molecule has 0 aliphatic heterocycles. The van der Waals surface area contributed by atoms with Crippen LogP contribution in [0.4, 0.5) is 11.4 Å². The van der Waals surface area contributed by atoms with Crippen LogP contribution in [-0.2, 0) is 20.0 Å². The minimum atomic E-state index is -4.15. The molecule has 0 fully saturated rings. The average molecular weight is 399 g/mol. The number of sulfonamides is 2. The van der Waals surface area contributed by atoms with Gasteiger partial charge in [0.1, 0.15) is 0 Å². The number of anilines is 1. The molecule has 0 aliphatic rings. The smallest absolute Gasteiger partial charge is 0.270 e. The first-order valence-corrected chi connectivity index (χ1v) is 10.2. The second kappa shape index (κ2) is 7.02. The molecule has 140 valence electrons. The summed E-state index contributed by atoms with van der Waals surface area (Å²) in [5.41, 5.74) is -0.0149. The van der Waals surface area contributed by atoms with Crippen LogP contribution in [0.3, 0.4) is 0 Å². The molecule has 0 aliphatic carbocycles. The fourth-order valence-electron chi connectivity index (χ4n) is 2.13. The second-order valence-electron chi connectivity index (χ2n) is 5.63. The predicted molar refractivity (Wildman–Crippen MR) is 96.0 cm³/mol. The lowest BCUT2D eigenvalue weighted by Crippen LogP contribution is -2.22. The van der Waals surface area contributed by atoms with Gasteiger partial charge >= 0.3 is 0 Å². The fraction of sp³-hybridized carbons (Fsp3) is 0.200. The molecule has 2 aromatic rings. The fourth-order valence-corrected chi connectivity index (χ4v) is 4.40. The normalized spacial score (nSPS) is 12.2. The Kier molecular flexibility index (Phi) is 5.35. The molecule has 0 bridgehead atoms. The number of rotatable bonds is 6. The van der Waals surface area contributed by atoms with Crippen LogP contribution >= 0.6 is 0 Å². The van der Waals surface area contributed by atoms with Crippen LogP contribution in [0.2, 0.25) is 0 Å². The van der Waals surface area contributed by atoms with Crippen LogP contribution in [0, 0.1) is 17.0 Å². The molecule has 0 aromatic heterocycles. The van der Waals surface area contributed by atoms with Gasteiger partial charge in [-0.05, 0) is 30.7 Å². The summed E-state index contributed by atoms with van der Waals surface area (Å²) >= 11 is 0. The van der Waals surface area contributed by atoms with Crippen molar-refractivity contribution in [3.63, 3.8) is 0 Å². The summed E-state index contributed by atoms with van der Waals surface area (Å²) in [6.45, 7) is 1.51. The Hall–Kier alpha value is -2.50. The third-order valence-electron chi connectivity index (χ3n) is 3.54. The number of nitrogens with one attached hydrogen (secondary N) is 1. The zero-order valence-corrected chi connectivity index (χ0v) is 15.8. The van der Waals surface area contributed by atoms with Gasteiger partial charge in [-0.15, -0.1) is 0 Å². The first-order valence-electron chi connectivity index (χ1n) is 7.25. The van der Waals surface area contributed by atoms with E-state index in [9.17, 15) is 26.9 Å². The average Bonchev–Trinajstić information content (AvgIpc) is 2.54. The van der Waals surface area contributed by atoms with E-state index in [0.717, 1.165) is 10.4 Å². The lowest BCUT2D eigenvalue weighted by Gasteiger charge is -2.14. The number of aryl methyl sites for hydroxylation is 1. The van der Waals surface area contributed by atoms with Crippen molar-refractivity contribution in [2.45, 2.75) is 16.7 Å². The van der Waals surface area contributed by atoms with E-state index in [1.165, 1.54) is 57.4 Å². The van der Waals surface area contributed by atoms with Crippen molar-refractivity contribution >= 4 is 31.4 Å². The number of nitrogens with zero attached hydrogens (tertiary/aromatic N) is 2. The molecule has 0 radical (unpaired) electrons. The molecular formula is C15H17N3O6S2. The van der Waals surface area contributed by atoms with Gasteiger partial charge in [-0.1, -0.05) is 12.1 Å². The third kappa shape index (κ3) is 4.00. The maximum absolute atomic E-state index is 12.6. The summed E-state index contributed by atoms with van der Waals surface area (Å²) in [5.74, 6) is 0. The summed E-state index contributed by atoms with van der Waals surface area (Å²) in [4.78, 5) is 9.85. The van der Waals surface area contributed by atoms with Gasteiger partial charge < -0.3 is 0 Å². The van der Waals surface area contributed by atoms with Crippen molar-refractivity contribution in [1.29, 1.82) is 0 Å². The van der Waals surface area contributed by atoms with Crippen LogP contribution in [0.15, 0.2) is 52.3 Å². The Bertz CT molecular complexity index is 1060. The van der Waals surface area contributed by atoms with Gasteiger partial charge in [0.05, 0.1) is 20.4 Å². The van der Waals surface area contributed by atoms with Crippen LogP contribution < -0.4 is 4.72 Å². The van der Waals surface area contributed by atoms with Gasteiger partial charge in [0.15, 0.2) is 0 Å². The van der Waals surface area contributed by atoms with Crippen LogP contribution in [0.25, 0.3) is 0 Å². The van der Waals surface area contributed by atoms with Crippen LogP contribution in [-0.4, -0.2) is 40.2 Å². The molecule has 9 nitrogen and oxygen atoms in total. The van der Waals surface area contributed by atoms with E-state index in [0.29, 0.717) is 5.56 Å². The molecular weight excluding hydrogens is 382 g/mol. The molecule has 0 heterocycles. The van der Waals surface area contributed by atoms with Gasteiger partial charge in [0, 0.05) is 26.2 Å². The highest BCUT2D eigenvalue weighted by atomic mass is 32.2. The summed E-state index contributed by atoms with van der Waals surface area (Å²) in [6.07, 6.45) is 0. The first-order chi connectivity index (χ1) is 11.9. The summed E-state index contributed by atoms with van der Waals surface area (Å²) in [6, 6.07) is 8.80. The van der Waals surface area contributed by atoms with Crippen molar-refractivity contribution in [3.05, 3.63) is 58.1 Å². The second-order valence-corrected chi connectivity index (χ2v) is 9.43. The zero-order chi connectivity index (χ0) is 19.7. The van der Waals surface area contributed by atoms with E-state index in [2.05, 4.69) is 4.72 Å². The number of hydrogen-bond acceptors (Lipinski definition) is 6. The minimum Gasteiger partial charge on any atom is -0.280 e. The molecule has 11 heteroatoms. The van der Waals surface area contributed by atoms with Gasteiger partial charge in [0.25, 0.3) is 15.7 Å². The molecule has 0 spiro atoms. The molecule has 26 heavy (non-hydrogen) atoms. The Morgan fingerprint density at radius 1 is 1.04 bits per heavy atom. The highest BCUT2D eigenvalue weighted by molar-refractivity contribution is 7.92. The lowest BCUT2D eigenvalue weighted by atomic mass is 10.2. The maximum atomic E-state index is 12.6. The summed E-state index contributed by atoms with van der Waals surface area (Å²) in [5, 5.41) is 10.9. The monoisotopic (exact) mass is 399 g/mol. The number of benzene rings is 2. The molecule has 0 amide bonds. The van der Waals surface area contributed by atoms with Crippen molar-refractivity contribution in [1.82, 2.24) is 4.31 Å². The lowest BCUT2D eigenvalue weighted by molar-refractivity contribution is -0.385. The van der Waals surface area contributed by atoms with Gasteiger partial charge in [-0.3, -0.25) is 14.8 Å². The number of hydrogen-bond donors (Lipinski definition) is 1. The SMILES string of the molecule is Cc1ccc([N+](=O)[O-])cc1S(=O)(=O)Nc1cccc(S(=O)(=O)N(C)C)c1. The highest BCUT2D eigenvalue weighted by Gasteiger charge is 2.22. The van der Waals surface area contributed by atoms with Crippen molar-refractivity contribution in [2.75, 3.05) is 18.8 Å². The molecule has 0 saturated carbocycles. The number of nitro groups is 1. The van der Waals surface area contributed by atoms with Crippen molar-refractivity contribution < 1.29 is 21.8 Å². The van der Waals surface area contributed by atoms with Crippen LogP contribution in [0.1, 0.15) is 5.56 Å². The molecule has 0 saturated heterocycles. The molecule has 2 rings (SSSR count). The Morgan fingerprint density at radius 3 is 2.27 bits per heavy atom. The molecule has 1 N–H and O–H groups in total. The van der Waals surface area contributed by atoms with Gasteiger partial charge in [0.2, 0.25) is 10.0 Å². The quantitative estimate of drug-likeness (QED) is 0.584. The minimum absolute atomic E-state index is 0.0267. The molecule has 0 atom stereocenters. The molecule has 0 unspecified atom stereocenters. The van der Waals surface area contributed by atoms with E-state index in [-0.39, 0.29) is 21.2 Å². The first kappa shape index (κ1) is 19.8. The maximum Gasteiger partial charge on any atom is 0.270 e. The Morgan fingerprint density at radius 2 is 1.69 bits per heavy atom. The van der Waals surface area contributed by atoms with Crippen molar-refractivity contribution in [2.24, 2.45) is 0 Å². The Balaban J connectivity index is 2.46. The Labute approximate surface area is 151 Å². The number of nitro benzene ring substituents is 1. The van der Waals surface area contributed by atoms with Gasteiger partial charge in [-0.2, -0.15) is 0 Å². The standard InChI is InChI=1S/C15H17N3O6S2/c1-11-7-8-13(18(19)20)10-15(11)25(21,22)16-12-5-4-6-14(9-12)26(23,24)17(2)3/h4-10,16H,1-3H3. The van der Waals surface area contributed by atoms with Gasteiger partial charge in [-0.25, -0.2) is 21.1 Å². The predicted octanol–water partition coefficient (Wildman–Crippen LogP) is 1.95. The van der Waals surface area contributed by atoms with E-state index < -0.39 is 25.0 Å². The van der Waals surface area contributed by atoms with E-state index in [4.69, 9.17) is 0 Å². The van der Waals surface area contributed by atoms with Crippen molar-refractivity contribution in [3.8, 4) is 0 Å². The summed E-state index contributed by atoms with van der Waals surface area (Å²) in [7, 11) is -5.16. The summed E-state index contributed by atoms with van der Waals surface area (Å²) < 4.78 is 52.8. The largest absolute Gasteiger partial charge is 0.280 e. The van der Waals surface area contributed by atoms with Crippen LogP contribution in [0.5, 0.6) is 0 Å².